The largest absolute Gasteiger partial charge is 0.371 e. The van der Waals surface area contributed by atoms with Crippen LogP contribution in [0.1, 0.15) is 36.0 Å². The second-order valence-electron chi connectivity index (χ2n) is 9.72. The minimum absolute atomic E-state index is 0.232. The molecule has 0 bridgehead atoms. The molecule has 0 atom stereocenters. The third kappa shape index (κ3) is 4.00. The van der Waals surface area contributed by atoms with Crippen molar-refractivity contribution in [1.82, 2.24) is 9.97 Å². The van der Waals surface area contributed by atoms with Crippen molar-refractivity contribution in [3.63, 3.8) is 0 Å². The van der Waals surface area contributed by atoms with E-state index in [1.54, 1.807) is 18.2 Å². The van der Waals surface area contributed by atoms with Crippen molar-refractivity contribution in [3.05, 3.63) is 52.6 Å². The molecule has 1 amide bonds. The summed E-state index contributed by atoms with van der Waals surface area (Å²) >= 11 is 3.55. The van der Waals surface area contributed by atoms with Gasteiger partial charge in [-0.1, -0.05) is 22.0 Å². The van der Waals surface area contributed by atoms with Gasteiger partial charge in [0, 0.05) is 17.6 Å². The fourth-order valence-electron chi connectivity index (χ4n) is 5.00. The van der Waals surface area contributed by atoms with Crippen LogP contribution in [0.2, 0.25) is 0 Å². The van der Waals surface area contributed by atoms with Gasteiger partial charge in [0.2, 0.25) is 0 Å². The Balaban J connectivity index is 1.28. The lowest BCUT2D eigenvalue weighted by atomic mass is 9.93. The molecule has 2 aliphatic heterocycles. The lowest BCUT2D eigenvalue weighted by molar-refractivity contribution is -0.0267. The SMILES string of the molecule is O=C(Nc1cccc2ncc(N3CC(F)(F)C3)nc12)c1ccc(Br)cc1N1CCC2(CC1)CC2. The predicted molar refractivity (Wildman–Crippen MR) is 132 cm³/mol. The third-order valence-corrected chi connectivity index (χ3v) is 7.80. The molecule has 0 unspecified atom stereocenters. The summed E-state index contributed by atoms with van der Waals surface area (Å²) in [7, 11) is 0. The second-order valence-corrected chi connectivity index (χ2v) is 10.6. The summed E-state index contributed by atoms with van der Waals surface area (Å²) in [5.41, 5.74) is 3.64. The molecule has 176 valence electrons. The van der Waals surface area contributed by atoms with Gasteiger partial charge in [-0.05, 0) is 61.4 Å². The molecule has 6 nitrogen and oxygen atoms in total. The van der Waals surface area contributed by atoms with Crippen molar-refractivity contribution in [2.24, 2.45) is 5.41 Å². The van der Waals surface area contributed by atoms with Gasteiger partial charge in [0.15, 0.2) is 0 Å². The molecular formula is C25H24BrF2N5O. The van der Waals surface area contributed by atoms with Gasteiger partial charge in [-0.15, -0.1) is 0 Å². The highest BCUT2D eigenvalue weighted by molar-refractivity contribution is 9.10. The summed E-state index contributed by atoms with van der Waals surface area (Å²) < 4.78 is 27.6. The number of carbonyl (C=O) groups is 1. The average Bonchev–Trinajstić information content (AvgIpc) is 3.56. The first-order chi connectivity index (χ1) is 16.3. The van der Waals surface area contributed by atoms with E-state index in [0.717, 1.165) is 36.1 Å². The predicted octanol–water partition coefficient (Wildman–Crippen LogP) is 5.48. The van der Waals surface area contributed by atoms with E-state index < -0.39 is 5.92 Å². The molecule has 1 aliphatic carbocycles. The number of hydrogen-bond donors (Lipinski definition) is 1. The van der Waals surface area contributed by atoms with Crippen LogP contribution in [0.3, 0.4) is 0 Å². The average molecular weight is 528 g/mol. The van der Waals surface area contributed by atoms with Crippen molar-refractivity contribution in [2.45, 2.75) is 31.6 Å². The highest BCUT2D eigenvalue weighted by Crippen LogP contribution is 2.54. The van der Waals surface area contributed by atoms with Crippen molar-refractivity contribution >= 4 is 50.1 Å². The molecule has 2 saturated heterocycles. The quantitative estimate of drug-likeness (QED) is 0.486. The van der Waals surface area contributed by atoms with E-state index >= 15 is 0 Å². The molecule has 1 saturated carbocycles. The number of amides is 1. The summed E-state index contributed by atoms with van der Waals surface area (Å²) in [5.74, 6) is -2.55. The van der Waals surface area contributed by atoms with Crippen LogP contribution in [-0.4, -0.2) is 48.0 Å². The standard InChI is InChI=1S/C25H24BrF2N5O/c26-16-4-5-17(20(12-16)32-10-8-24(6-7-24)9-11-32)23(34)30-19-3-1-2-18-22(19)31-21(13-29-18)33-14-25(27,28)15-33/h1-5,12-13H,6-11,14-15H2,(H,30,34). The van der Waals surface area contributed by atoms with Crippen molar-refractivity contribution in [2.75, 3.05) is 41.3 Å². The molecular weight excluding hydrogens is 504 g/mol. The zero-order valence-electron chi connectivity index (χ0n) is 18.5. The number of aromatic nitrogens is 2. The lowest BCUT2D eigenvalue weighted by Crippen LogP contribution is -2.56. The number of rotatable bonds is 4. The molecule has 6 rings (SSSR count). The van der Waals surface area contributed by atoms with Crippen molar-refractivity contribution in [3.8, 4) is 0 Å². The zero-order chi connectivity index (χ0) is 23.5. The normalized spacial score (nSPS) is 20.3. The number of nitrogens with one attached hydrogen (secondary N) is 1. The number of benzene rings is 2. The van der Waals surface area contributed by atoms with Crippen LogP contribution in [0.15, 0.2) is 47.1 Å². The first kappa shape index (κ1) is 21.7. The van der Waals surface area contributed by atoms with Gasteiger partial charge < -0.3 is 15.1 Å². The smallest absolute Gasteiger partial charge is 0.282 e. The molecule has 1 N–H and O–H groups in total. The van der Waals surface area contributed by atoms with Crippen LogP contribution in [0.5, 0.6) is 0 Å². The number of alkyl halides is 2. The Morgan fingerprint density at radius 3 is 2.50 bits per heavy atom. The van der Waals surface area contributed by atoms with Gasteiger partial charge in [0.25, 0.3) is 11.8 Å². The highest BCUT2D eigenvalue weighted by atomic mass is 79.9. The maximum absolute atomic E-state index is 13.4. The first-order valence-electron chi connectivity index (χ1n) is 11.6. The number of para-hydroxylation sites is 1. The molecule has 1 aromatic heterocycles. The first-order valence-corrected chi connectivity index (χ1v) is 12.3. The third-order valence-electron chi connectivity index (χ3n) is 7.30. The van der Waals surface area contributed by atoms with E-state index in [2.05, 4.69) is 36.1 Å². The molecule has 0 radical (unpaired) electrons. The number of piperidine rings is 1. The minimum atomic E-state index is -2.70. The maximum Gasteiger partial charge on any atom is 0.282 e. The summed E-state index contributed by atoms with van der Waals surface area (Å²) in [6.07, 6.45) is 6.48. The van der Waals surface area contributed by atoms with E-state index in [-0.39, 0.29) is 19.0 Å². The summed E-state index contributed by atoms with van der Waals surface area (Å²) in [5, 5.41) is 3.00. The minimum Gasteiger partial charge on any atom is -0.371 e. The molecule has 34 heavy (non-hydrogen) atoms. The number of anilines is 3. The van der Waals surface area contributed by atoms with Gasteiger partial charge in [0.05, 0.1) is 41.7 Å². The van der Waals surface area contributed by atoms with E-state index in [0.29, 0.717) is 33.5 Å². The second kappa shape index (κ2) is 7.86. The van der Waals surface area contributed by atoms with Crippen LogP contribution in [0.25, 0.3) is 11.0 Å². The van der Waals surface area contributed by atoms with Crippen molar-refractivity contribution < 1.29 is 13.6 Å². The number of nitrogens with zero attached hydrogens (tertiary/aromatic N) is 4. The fraction of sp³-hybridized carbons (Fsp3) is 0.400. The number of halogens is 3. The Kier molecular flexibility index (Phi) is 5.02. The van der Waals surface area contributed by atoms with Crippen LogP contribution in [0, 0.1) is 5.41 Å². The van der Waals surface area contributed by atoms with Gasteiger partial charge in [-0.25, -0.2) is 13.8 Å². The van der Waals surface area contributed by atoms with Crippen LogP contribution in [-0.2, 0) is 0 Å². The Hall–Kier alpha value is -2.81. The zero-order valence-corrected chi connectivity index (χ0v) is 20.1. The van der Waals surface area contributed by atoms with E-state index in [4.69, 9.17) is 0 Å². The Bertz CT molecular complexity index is 1280. The maximum atomic E-state index is 13.4. The molecule has 3 aromatic rings. The lowest BCUT2D eigenvalue weighted by Gasteiger charge is -2.39. The Morgan fingerprint density at radius 1 is 1.03 bits per heavy atom. The molecule has 3 heterocycles. The van der Waals surface area contributed by atoms with E-state index in [9.17, 15) is 13.6 Å². The fourth-order valence-corrected chi connectivity index (χ4v) is 5.35. The molecule has 2 aromatic carbocycles. The summed E-state index contributed by atoms with van der Waals surface area (Å²) in [4.78, 5) is 26.2. The Labute approximate surface area is 204 Å². The van der Waals surface area contributed by atoms with Gasteiger partial charge >= 0.3 is 0 Å². The highest BCUT2D eigenvalue weighted by Gasteiger charge is 2.45. The van der Waals surface area contributed by atoms with Gasteiger partial charge in [0.1, 0.15) is 11.3 Å². The number of hydrogen-bond acceptors (Lipinski definition) is 5. The molecule has 3 aliphatic rings. The Morgan fingerprint density at radius 2 is 1.79 bits per heavy atom. The number of fused-ring (bicyclic) bond motifs is 1. The van der Waals surface area contributed by atoms with Gasteiger partial charge in [-0.3, -0.25) is 9.78 Å². The summed E-state index contributed by atoms with van der Waals surface area (Å²) in [6, 6.07) is 11.1. The van der Waals surface area contributed by atoms with Crippen molar-refractivity contribution in [1.29, 1.82) is 0 Å². The van der Waals surface area contributed by atoms with Crippen LogP contribution >= 0.6 is 15.9 Å². The molecule has 1 spiro atoms. The van der Waals surface area contributed by atoms with E-state index in [1.807, 2.05) is 18.2 Å². The number of carbonyl (C=O) groups excluding carboxylic acids is 1. The van der Waals surface area contributed by atoms with Crippen LogP contribution < -0.4 is 15.1 Å². The molecule has 3 fully saturated rings. The monoisotopic (exact) mass is 527 g/mol. The van der Waals surface area contributed by atoms with Crippen LogP contribution in [0.4, 0.5) is 26.0 Å². The summed E-state index contributed by atoms with van der Waals surface area (Å²) in [6.45, 7) is 1.14. The molecule has 9 heteroatoms. The van der Waals surface area contributed by atoms with E-state index in [1.165, 1.54) is 23.9 Å². The van der Waals surface area contributed by atoms with Gasteiger partial charge in [-0.2, -0.15) is 0 Å². The topological polar surface area (TPSA) is 61.4 Å².